The molecule has 1 aromatic carbocycles. The van der Waals surface area contributed by atoms with Gasteiger partial charge < -0.3 is 4.90 Å². The highest BCUT2D eigenvalue weighted by atomic mass is 79.9. The van der Waals surface area contributed by atoms with Crippen molar-refractivity contribution in [3.63, 3.8) is 0 Å². The topological polar surface area (TPSA) is 3.24 Å². The van der Waals surface area contributed by atoms with Crippen molar-refractivity contribution < 1.29 is 0 Å². The van der Waals surface area contributed by atoms with E-state index in [1.165, 1.54) is 10.0 Å². The summed E-state index contributed by atoms with van der Waals surface area (Å²) < 4.78 is 1.17. The standard InChI is InChI=1S/C13H16BrN/c1-3-4-7-10-15(2)11-12-8-5-6-9-13(12)14/h1,5-6,8-9H,4,7,10-11H2,2H3. The predicted molar refractivity (Wildman–Crippen MR) is 68.5 cm³/mol. The van der Waals surface area contributed by atoms with Gasteiger partial charge in [0.05, 0.1) is 0 Å². The molecule has 1 aromatic rings. The number of rotatable bonds is 5. The number of halogens is 1. The lowest BCUT2D eigenvalue weighted by molar-refractivity contribution is 0.323. The Morgan fingerprint density at radius 1 is 1.40 bits per heavy atom. The van der Waals surface area contributed by atoms with E-state index in [0.717, 1.165) is 25.9 Å². The number of terminal acetylenes is 1. The van der Waals surface area contributed by atoms with Gasteiger partial charge in [0, 0.05) is 17.4 Å². The maximum absolute atomic E-state index is 5.22. The van der Waals surface area contributed by atoms with Crippen molar-refractivity contribution in [1.82, 2.24) is 4.90 Å². The number of hydrogen-bond acceptors (Lipinski definition) is 1. The van der Waals surface area contributed by atoms with Crippen molar-refractivity contribution in [2.24, 2.45) is 0 Å². The second-order valence-electron chi connectivity index (χ2n) is 3.64. The van der Waals surface area contributed by atoms with Gasteiger partial charge in [0.15, 0.2) is 0 Å². The lowest BCUT2D eigenvalue weighted by Gasteiger charge is -2.16. The van der Waals surface area contributed by atoms with Crippen LogP contribution in [0.5, 0.6) is 0 Å². The van der Waals surface area contributed by atoms with Gasteiger partial charge in [-0.05, 0) is 31.6 Å². The Labute approximate surface area is 101 Å². The number of hydrogen-bond donors (Lipinski definition) is 0. The maximum Gasteiger partial charge on any atom is 0.0241 e. The highest BCUT2D eigenvalue weighted by Gasteiger charge is 2.02. The van der Waals surface area contributed by atoms with Crippen LogP contribution >= 0.6 is 15.9 Å². The van der Waals surface area contributed by atoms with Gasteiger partial charge in [-0.1, -0.05) is 34.1 Å². The van der Waals surface area contributed by atoms with E-state index in [2.05, 4.69) is 52.0 Å². The van der Waals surface area contributed by atoms with Crippen molar-refractivity contribution in [3.8, 4) is 12.3 Å². The molecule has 80 valence electrons. The SMILES string of the molecule is C#CCCCN(C)Cc1ccccc1Br. The lowest BCUT2D eigenvalue weighted by atomic mass is 10.2. The van der Waals surface area contributed by atoms with E-state index < -0.39 is 0 Å². The summed E-state index contributed by atoms with van der Waals surface area (Å²) in [4.78, 5) is 2.29. The molecular formula is C13H16BrN. The molecule has 0 saturated carbocycles. The third-order valence-corrected chi connectivity index (χ3v) is 3.03. The Bertz CT molecular complexity index is 341. The van der Waals surface area contributed by atoms with E-state index >= 15 is 0 Å². The smallest absolute Gasteiger partial charge is 0.0241 e. The Kier molecular flexibility index (Phi) is 5.45. The van der Waals surface area contributed by atoms with Gasteiger partial charge in [-0.15, -0.1) is 12.3 Å². The van der Waals surface area contributed by atoms with Crippen LogP contribution < -0.4 is 0 Å². The zero-order chi connectivity index (χ0) is 11.1. The summed E-state index contributed by atoms with van der Waals surface area (Å²) in [5.41, 5.74) is 1.32. The quantitative estimate of drug-likeness (QED) is 0.584. The van der Waals surface area contributed by atoms with Crippen LogP contribution in [-0.4, -0.2) is 18.5 Å². The van der Waals surface area contributed by atoms with Crippen LogP contribution in [0.3, 0.4) is 0 Å². The molecule has 0 N–H and O–H groups in total. The summed E-state index contributed by atoms with van der Waals surface area (Å²) >= 11 is 3.55. The molecule has 15 heavy (non-hydrogen) atoms. The van der Waals surface area contributed by atoms with Crippen molar-refractivity contribution in [2.45, 2.75) is 19.4 Å². The van der Waals surface area contributed by atoms with Crippen LogP contribution in [0.25, 0.3) is 0 Å². The van der Waals surface area contributed by atoms with Crippen LogP contribution in [-0.2, 0) is 6.54 Å². The molecular weight excluding hydrogens is 250 g/mol. The molecule has 2 heteroatoms. The molecule has 0 bridgehead atoms. The summed E-state index contributed by atoms with van der Waals surface area (Å²) in [5, 5.41) is 0. The van der Waals surface area contributed by atoms with Crippen molar-refractivity contribution in [2.75, 3.05) is 13.6 Å². The molecule has 1 nitrogen and oxygen atoms in total. The summed E-state index contributed by atoms with van der Waals surface area (Å²) in [7, 11) is 2.12. The molecule has 0 heterocycles. The molecule has 0 fully saturated rings. The zero-order valence-electron chi connectivity index (χ0n) is 9.04. The van der Waals surface area contributed by atoms with Crippen LogP contribution in [0.15, 0.2) is 28.7 Å². The Morgan fingerprint density at radius 2 is 2.13 bits per heavy atom. The van der Waals surface area contributed by atoms with E-state index in [1.807, 2.05) is 6.07 Å². The molecule has 0 aromatic heterocycles. The summed E-state index contributed by atoms with van der Waals surface area (Å²) in [6.07, 6.45) is 7.14. The number of nitrogens with zero attached hydrogens (tertiary/aromatic N) is 1. The fraction of sp³-hybridized carbons (Fsp3) is 0.385. The van der Waals surface area contributed by atoms with E-state index in [4.69, 9.17) is 6.42 Å². The third-order valence-electron chi connectivity index (χ3n) is 2.26. The van der Waals surface area contributed by atoms with E-state index in [1.54, 1.807) is 0 Å². The third kappa shape index (κ3) is 4.51. The van der Waals surface area contributed by atoms with Crippen LogP contribution in [0, 0.1) is 12.3 Å². The van der Waals surface area contributed by atoms with Gasteiger partial charge >= 0.3 is 0 Å². The Hall–Kier alpha value is -0.780. The largest absolute Gasteiger partial charge is 0.302 e. The Morgan fingerprint density at radius 3 is 2.80 bits per heavy atom. The Balaban J connectivity index is 2.41. The first-order chi connectivity index (χ1) is 7.24. The van der Waals surface area contributed by atoms with Gasteiger partial charge in [0.2, 0.25) is 0 Å². The minimum absolute atomic E-state index is 0.861. The highest BCUT2D eigenvalue weighted by molar-refractivity contribution is 9.10. The number of benzene rings is 1. The maximum atomic E-state index is 5.22. The van der Waals surface area contributed by atoms with Crippen LogP contribution in [0.1, 0.15) is 18.4 Å². The van der Waals surface area contributed by atoms with Crippen LogP contribution in [0.4, 0.5) is 0 Å². The fourth-order valence-electron chi connectivity index (χ4n) is 1.45. The molecule has 0 radical (unpaired) electrons. The second kappa shape index (κ2) is 6.66. The van der Waals surface area contributed by atoms with Crippen molar-refractivity contribution >= 4 is 15.9 Å². The lowest BCUT2D eigenvalue weighted by Crippen LogP contribution is -2.19. The highest BCUT2D eigenvalue weighted by Crippen LogP contribution is 2.17. The molecule has 1 rings (SSSR count). The van der Waals surface area contributed by atoms with Gasteiger partial charge in [-0.25, -0.2) is 0 Å². The first-order valence-corrected chi connectivity index (χ1v) is 5.88. The normalized spacial score (nSPS) is 10.3. The molecule has 0 aliphatic heterocycles. The fourth-order valence-corrected chi connectivity index (χ4v) is 1.86. The predicted octanol–water partition coefficient (Wildman–Crippen LogP) is 3.29. The molecule has 0 saturated heterocycles. The van der Waals surface area contributed by atoms with Gasteiger partial charge in [0.1, 0.15) is 0 Å². The summed E-state index contributed by atoms with van der Waals surface area (Å²) in [6.45, 7) is 2.01. The van der Waals surface area contributed by atoms with Gasteiger partial charge in [-0.2, -0.15) is 0 Å². The first-order valence-electron chi connectivity index (χ1n) is 5.09. The molecule has 0 aliphatic carbocycles. The average Bonchev–Trinajstić information content (AvgIpc) is 2.22. The summed E-state index contributed by atoms with van der Waals surface area (Å²) in [5.74, 6) is 2.66. The monoisotopic (exact) mass is 265 g/mol. The molecule has 0 unspecified atom stereocenters. The van der Waals surface area contributed by atoms with Gasteiger partial charge in [0.25, 0.3) is 0 Å². The van der Waals surface area contributed by atoms with E-state index in [-0.39, 0.29) is 0 Å². The molecule has 0 amide bonds. The van der Waals surface area contributed by atoms with E-state index in [9.17, 15) is 0 Å². The second-order valence-corrected chi connectivity index (χ2v) is 4.49. The first kappa shape index (κ1) is 12.3. The molecule has 0 atom stereocenters. The minimum Gasteiger partial charge on any atom is -0.302 e. The van der Waals surface area contributed by atoms with Crippen molar-refractivity contribution in [3.05, 3.63) is 34.3 Å². The van der Waals surface area contributed by atoms with E-state index in [0.29, 0.717) is 0 Å². The van der Waals surface area contributed by atoms with Gasteiger partial charge in [-0.3, -0.25) is 0 Å². The average molecular weight is 266 g/mol. The molecule has 0 aliphatic rings. The minimum atomic E-state index is 0.861. The van der Waals surface area contributed by atoms with Crippen molar-refractivity contribution in [1.29, 1.82) is 0 Å². The van der Waals surface area contributed by atoms with Crippen LogP contribution in [0.2, 0.25) is 0 Å². The summed E-state index contributed by atoms with van der Waals surface area (Å²) in [6, 6.07) is 8.31. The zero-order valence-corrected chi connectivity index (χ0v) is 10.6. The molecule has 0 spiro atoms. The number of unbranched alkanes of at least 4 members (excludes halogenated alkanes) is 1.